The maximum atomic E-state index is 12.4. The monoisotopic (exact) mass is 359 g/mol. The number of thiazole rings is 1. The third kappa shape index (κ3) is 3.77. The molecule has 0 aromatic carbocycles. The molecule has 3 N–H and O–H groups in total. The summed E-state index contributed by atoms with van der Waals surface area (Å²) in [6.45, 7) is 2.25. The largest absolute Gasteiger partial charge is 0.350 e. The number of nitrogens with zero attached hydrogens (tertiary/aromatic N) is 2. The normalized spacial score (nSPS) is 18.1. The molecule has 0 unspecified atom stereocenters. The second-order valence-corrected chi connectivity index (χ2v) is 7.91. The molecule has 3 heterocycles. The van der Waals surface area contributed by atoms with Crippen LogP contribution >= 0.6 is 11.3 Å². The Hall–Kier alpha value is -1.73. The molecule has 25 heavy (non-hydrogen) atoms. The van der Waals surface area contributed by atoms with Gasteiger partial charge in [0.15, 0.2) is 5.69 Å². The highest BCUT2D eigenvalue weighted by molar-refractivity contribution is 7.09. The smallest absolute Gasteiger partial charge is 0.272 e. The van der Waals surface area contributed by atoms with Gasteiger partial charge in [0, 0.05) is 55.0 Å². The van der Waals surface area contributed by atoms with Gasteiger partial charge < -0.3 is 10.6 Å². The van der Waals surface area contributed by atoms with Crippen molar-refractivity contribution >= 4 is 17.2 Å². The van der Waals surface area contributed by atoms with Gasteiger partial charge in [-0.25, -0.2) is 4.98 Å². The van der Waals surface area contributed by atoms with Crippen molar-refractivity contribution < 1.29 is 4.79 Å². The van der Waals surface area contributed by atoms with Crippen LogP contribution in [0.25, 0.3) is 0 Å². The van der Waals surface area contributed by atoms with Crippen molar-refractivity contribution in [2.75, 3.05) is 13.1 Å². The lowest BCUT2D eigenvalue weighted by atomic mass is 9.87. The molecule has 0 bridgehead atoms. The van der Waals surface area contributed by atoms with Gasteiger partial charge >= 0.3 is 0 Å². The lowest BCUT2D eigenvalue weighted by Crippen LogP contribution is -2.29. The second-order valence-electron chi connectivity index (χ2n) is 6.96. The minimum Gasteiger partial charge on any atom is -0.350 e. The summed E-state index contributed by atoms with van der Waals surface area (Å²) in [5.41, 5.74) is 3.89. The predicted octanol–water partition coefficient (Wildman–Crippen LogP) is 2.53. The van der Waals surface area contributed by atoms with E-state index in [1.807, 2.05) is 0 Å². The van der Waals surface area contributed by atoms with Crippen LogP contribution in [0.1, 0.15) is 70.5 Å². The number of amides is 1. The summed E-state index contributed by atoms with van der Waals surface area (Å²) in [6, 6.07) is 0. The number of fused-ring (bicyclic) bond motifs is 1. The van der Waals surface area contributed by atoms with Crippen molar-refractivity contribution in [1.82, 2.24) is 25.8 Å². The van der Waals surface area contributed by atoms with E-state index in [9.17, 15) is 4.79 Å². The van der Waals surface area contributed by atoms with Crippen molar-refractivity contribution in [3.05, 3.63) is 33.0 Å². The topological polar surface area (TPSA) is 82.7 Å². The van der Waals surface area contributed by atoms with Crippen molar-refractivity contribution in [2.24, 2.45) is 0 Å². The fourth-order valence-electron chi connectivity index (χ4n) is 3.81. The number of carbonyl (C=O) groups is 1. The number of H-pyrrole nitrogens is 1. The number of aromatic amines is 1. The number of nitrogens with one attached hydrogen (secondary N) is 3. The molecule has 0 atom stereocenters. The molecular weight excluding hydrogens is 334 g/mol. The SMILES string of the molecule is O=C(NCCc1nc(C2CCCCC2)cs1)c1n[nH]c2c1CNCC2. The molecular formula is C18H25N5OS. The third-order valence-corrected chi connectivity index (χ3v) is 6.17. The van der Waals surface area contributed by atoms with Crippen LogP contribution in [0.3, 0.4) is 0 Å². The molecule has 134 valence electrons. The Bertz CT molecular complexity index is 732. The molecule has 1 amide bonds. The molecule has 7 heteroatoms. The number of rotatable bonds is 5. The second kappa shape index (κ2) is 7.66. The van der Waals surface area contributed by atoms with Gasteiger partial charge in [-0.1, -0.05) is 19.3 Å². The Labute approximate surface area is 151 Å². The standard InChI is InChI=1S/C18H25N5OS/c24-18(17-13-10-19-8-6-14(13)22-23-17)20-9-7-16-21-15(11-25-16)12-4-2-1-3-5-12/h11-12,19H,1-10H2,(H,20,24)(H,22,23). The number of aromatic nitrogens is 3. The van der Waals surface area contributed by atoms with Crippen LogP contribution in [0, 0.1) is 0 Å². The Morgan fingerprint density at radius 3 is 3.08 bits per heavy atom. The maximum Gasteiger partial charge on any atom is 0.272 e. The Morgan fingerprint density at radius 2 is 2.20 bits per heavy atom. The average molecular weight is 359 g/mol. The van der Waals surface area contributed by atoms with E-state index in [1.165, 1.54) is 37.8 Å². The fraction of sp³-hybridized carbons (Fsp3) is 0.611. The zero-order valence-electron chi connectivity index (χ0n) is 14.4. The van der Waals surface area contributed by atoms with Gasteiger partial charge in [0.25, 0.3) is 5.91 Å². The summed E-state index contributed by atoms with van der Waals surface area (Å²) >= 11 is 1.72. The minimum absolute atomic E-state index is 0.0924. The predicted molar refractivity (Wildman–Crippen MR) is 98.0 cm³/mol. The van der Waals surface area contributed by atoms with E-state index in [2.05, 4.69) is 26.2 Å². The van der Waals surface area contributed by atoms with E-state index in [0.29, 0.717) is 24.7 Å². The summed E-state index contributed by atoms with van der Waals surface area (Å²) in [7, 11) is 0. The summed E-state index contributed by atoms with van der Waals surface area (Å²) < 4.78 is 0. The first-order valence-electron chi connectivity index (χ1n) is 9.30. The van der Waals surface area contributed by atoms with E-state index in [4.69, 9.17) is 4.98 Å². The molecule has 6 nitrogen and oxygen atoms in total. The van der Waals surface area contributed by atoms with Crippen molar-refractivity contribution in [3.8, 4) is 0 Å². The molecule has 1 aliphatic carbocycles. The van der Waals surface area contributed by atoms with Crippen molar-refractivity contribution in [1.29, 1.82) is 0 Å². The molecule has 1 fully saturated rings. The molecule has 4 rings (SSSR count). The van der Waals surface area contributed by atoms with E-state index in [0.717, 1.165) is 35.7 Å². The Kier molecular flexibility index (Phi) is 5.12. The van der Waals surface area contributed by atoms with Crippen LogP contribution in [0.4, 0.5) is 0 Å². The van der Waals surface area contributed by atoms with Crippen molar-refractivity contribution in [2.45, 2.75) is 57.4 Å². The van der Waals surface area contributed by atoms with Gasteiger partial charge in [-0.05, 0) is 12.8 Å². The average Bonchev–Trinajstić information content (AvgIpc) is 3.29. The first-order chi connectivity index (χ1) is 12.3. The van der Waals surface area contributed by atoms with Gasteiger partial charge in [0.1, 0.15) is 0 Å². The molecule has 0 radical (unpaired) electrons. The van der Waals surface area contributed by atoms with E-state index in [-0.39, 0.29) is 5.91 Å². The third-order valence-electron chi connectivity index (χ3n) is 5.24. The van der Waals surface area contributed by atoms with Crippen LogP contribution in [0.5, 0.6) is 0 Å². The van der Waals surface area contributed by atoms with Crippen LogP contribution in [0.15, 0.2) is 5.38 Å². The minimum atomic E-state index is -0.0924. The van der Waals surface area contributed by atoms with Gasteiger partial charge in [0.2, 0.25) is 0 Å². The fourth-order valence-corrected chi connectivity index (χ4v) is 4.69. The van der Waals surface area contributed by atoms with Gasteiger partial charge in [-0.3, -0.25) is 9.89 Å². The molecule has 2 aromatic rings. The highest BCUT2D eigenvalue weighted by Gasteiger charge is 2.21. The number of hydrogen-bond donors (Lipinski definition) is 3. The Balaban J connectivity index is 1.30. The van der Waals surface area contributed by atoms with Crippen molar-refractivity contribution in [3.63, 3.8) is 0 Å². The molecule has 1 saturated carbocycles. The van der Waals surface area contributed by atoms with E-state index in [1.54, 1.807) is 11.3 Å². The summed E-state index contributed by atoms with van der Waals surface area (Å²) in [4.78, 5) is 17.2. The molecule has 0 spiro atoms. The van der Waals surface area contributed by atoms with Crippen LogP contribution in [-0.2, 0) is 19.4 Å². The quantitative estimate of drug-likeness (QED) is 0.766. The molecule has 1 aliphatic heterocycles. The lowest BCUT2D eigenvalue weighted by molar-refractivity contribution is 0.0948. The zero-order chi connectivity index (χ0) is 17.1. The van der Waals surface area contributed by atoms with Gasteiger partial charge in [0.05, 0.1) is 10.7 Å². The Morgan fingerprint density at radius 1 is 1.32 bits per heavy atom. The highest BCUT2D eigenvalue weighted by Crippen LogP contribution is 2.33. The molecule has 2 aromatic heterocycles. The zero-order valence-corrected chi connectivity index (χ0v) is 15.3. The summed E-state index contributed by atoms with van der Waals surface area (Å²) in [5.74, 6) is 0.557. The summed E-state index contributed by atoms with van der Waals surface area (Å²) in [6.07, 6.45) is 8.27. The number of hydrogen-bond acceptors (Lipinski definition) is 5. The van der Waals surface area contributed by atoms with Gasteiger partial charge in [-0.15, -0.1) is 11.3 Å². The molecule has 2 aliphatic rings. The maximum absolute atomic E-state index is 12.4. The lowest BCUT2D eigenvalue weighted by Gasteiger charge is -2.19. The summed E-state index contributed by atoms with van der Waals surface area (Å²) in [5, 5.41) is 16.8. The van der Waals surface area contributed by atoms with Crippen LogP contribution in [-0.4, -0.2) is 34.2 Å². The first-order valence-corrected chi connectivity index (χ1v) is 10.2. The van der Waals surface area contributed by atoms with Crippen LogP contribution < -0.4 is 10.6 Å². The van der Waals surface area contributed by atoms with E-state index >= 15 is 0 Å². The number of carbonyl (C=O) groups excluding carboxylic acids is 1. The molecule has 0 saturated heterocycles. The highest BCUT2D eigenvalue weighted by atomic mass is 32.1. The van der Waals surface area contributed by atoms with Crippen LogP contribution in [0.2, 0.25) is 0 Å². The first kappa shape index (κ1) is 16.7. The van der Waals surface area contributed by atoms with Gasteiger partial charge in [-0.2, -0.15) is 5.10 Å². The van der Waals surface area contributed by atoms with E-state index < -0.39 is 0 Å².